The molecular formula is C18H20B2Cl2N2O7P+. The van der Waals surface area contributed by atoms with E-state index in [1.165, 1.54) is 6.20 Å². The first-order valence-electron chi connectivity index (χ1n) is 9.76. The van der Waals surface area contributed by atoms with Crippen molar-refractivity contribution in [3.05, 3.63) is 60.8 Å². The molecule has 3 atom stereocenters. The summed E-state index contributed by atoms with van der Waals surface area (Å²) in [4.78, 5) is 36.2. The van der Waals surface area contributed by atoms with Crippen molar-refractivity contribution < 1.29 is 23.2 Å². The average Bonchev–Trinajstić information content (AvgIpc) is 3.23. The fraction of sp³-hybridized carbons (Fsp3) is 0.444. The lowest BCUT2D eigenvalue weighted by Gasteiger charge is -2.33. The van der Waals surface area contributed by atoms with Gasteiger partial charge >= 0.3 is 13.9 Å². The molecule has 4 rings (SSSR count). The largest absolute Gasteiger partial charge is 0.618 e. The normalized spacial score (nSPS) is 24.8. The zero-order chi connectivity index (χ0) is 23.7. The minimum absolute atomic E-state index is 0.0182. The van der Waals surface area contributed by atoms with Crippen molar-refractivity contribution in [2.75, 3.05) is 0 Å². The minimum Gasteiger partial charge on any atom is -0.353 e. The standard InChI is InChI=1S/C16H13B2Cl2N2O7P.C2H6/c17-16(18,29-30(25)26-7-8-5-9(19)1-2-11(8)28-30)12-3-4-13(27-12)22-6-10(20)14(23)21-15(22)24;1-2/h1-2,5-6,12-13,25H,3-4,7H2;1-2H3/p+1. The molecule has 2 aromatic rings. The number of fused-ring (bicyclic) bond motifs is 1. The summed E-state index contributed by atoms with van der Waals surface area (Å²) in [5.74, 6) is 0.330. The highest BCUT2D eigenvalue weighted by atomic mass is 35.5. The van der Waals surface area contributed by atoms with Crippen LogP contribution in [0, 0.1) is 0 Å². The Morgan fingerprint density at radius 2 is 2.00 bits per heavy atom. The number of rotatable bonds is 4. The second kappa shape index (κ2) is 9.89. The lowest BCUT2D eigenvalue weighted by Crippen LogP contribution is -2.47. The van der Waals surface area contributed by atoms with Crippen molar-refractivity contribution in [2.45, 2.75) is 51.0 Å². The van der Waals surface area contributed by atoms with Gasteiger partial charge in [-0.25, -0.2) is 4.79 Å². The van der Waals surface area contributed by atoms with Crippen LogP contribution in [0.1, 0.15) is 38.5 Å². The Balaban J connectivity index is 0.00000141. The molecule has 0 amide bonds. The van der Waals surface area contributed by atoms with Gasteiger partial charge in [-0.05, 0) is 31.0 Å². The Bertz CT molecular complexity index is 1100. The van der Waals surface area contributed by atoms with E-state index < -0.39 is 37.2 Å². The number of ether oxygens (including phenoxy) is 1. The highest BCUT2D eigenvalue weighted by molar-refractivity contribution is 7.56. The van der Waals surface area contributed by atoms with E-state index in [-0.39, 0.29) is 18.1 Å². The molecule has 1 aromatic heterocycles. The first kappa shape index (κ1) is 25.3. The van der Waals surface area contributed by atoms with Gasteiger partial charge in [0.15, 0.2) is 5.75 Å². The molecule has 3 heterocycles. The Kier molecular flexibility index (Phi) is 7.82. The second-order valence-electron chi connectivity index (χ2n) is 6.83. The predicted molar refractivity (Wildman–Crippen MR) is 122 cm³/mol. The van der Waals surface area contributed by atoms with Crippen molar-refractivity contribution in [1.82, 2.24) is 9.55 Å². The van der Waals surface area contributed by atoms with Crippen LogP contribution in [0.3, 0.4) is 0 Å². The number of halogens is 2. The molecule has 1 fully saturated rings. The van der Waals surface area contributed by atoms with E-state index in [1.807, 2.05) is 13.8 Å². The first-order valence-corrected chi connectivity index (χ1v) is 12.0. The predicted octanol–water partition coefficient (Wildman–Crippen LogP) is 2.83. The van der Waals surface area contributed by atoms with E-state index in [4.69, 9.17) is 57.2 Å². The van der Waals surface area contributed by atoms with E-state index in [0.29, 0.717) is 22.8 Å². The molecule has 168 valence electrons. The van der Waals surface area contributed by atoms with Gasteiger partial charge in [-0.2, -0.15) is 9.42 Å². The van der Waals surface area contributed by atoms with Crippen molar-refractivity contribution >= 4 is 47.1 Å². The van der Waals surface area contributed by atoms with Crippen molar-refractivity contribution in [2.24, 2.45) is 0 Å². The van der Waals surface area contributed by atoms with Crippen molar-refractivity contribution in [1.29, 1.82) is 0 Å². The van der Waals surface area contributed by atoms with E-state index in [2.05, 4.69) is 4.98 Å². The number of aromatic amines is 1. The molecule has 1 aromatic carbocycles. The quantitative estimate of drug-likeness (QED) is 0.491. The summed E-state index contributed by atoms with van der Waals surface area (Å²) in [6.07, 6.45) is 0.0553. The van der Waals surface area contributed by atoms with Gasteiger partial charge in [0.05, 0.1) is 11.5 Å². The summed E-state index contributed by atoms with van der Waals surface area (Å²) in [6, 6.07) is 4.79. The van der Waals surface area contributed by atoms with Crippen LogP contribution in [0.15, 0.2) is 34.0 Å². The van der Waals surface area contributed by atoms with E-state index in [1.54, 1.807) is 18.2 Å². The molecule has 2 N–H and O–H groups in total. The molecule has 14 heteroatoms. The average molecular weight is 500 g/mol. The summed E-state index contributed by atoms with van der Waals surface area (Å²) in [5, 5.41) is -1.69. The van der Waals surface area contributed by atoms with Crippen LogP contribution < -0.4 is 15.8 Å². The molecule has 9 nitrogen and oxygen atoms in total. The van der Waals surface area contributed by atoms with Gasteiger partial charge in [-0.15, -0.1) is 4.52 Å². The lowest BCUT2D eigenvalue weighted by atomic mass is 9.61. The second-order valence-corrected chi connectivity index (χ2v) is 9.23. The van der Waals surface area contributed by atoms with E-state index >= 15 is 0 Å². The third-order valence-electron chi connectivity index (χ3n) is 4.63. The van der Waals surface area contributed by atoms with Gasteiger partial charge in [0.25, 0.3) is 5.56 Å². The number of nitrogens with one attached hydrogen (secondary N) is 1. The number of H-pyrrole nitrogens is 1. The van der Waals surface area contributed by atoms with Crippen LogP contribution in [0.2, 0.25) is 10.0 Å². The fourth-order valence-electron chi connectivity index (χ4n) is 3.19. The fourth-order valence-corrected chi connectivity index (χ4v) is 4.92. The smallest absolute Gasteiger partial charge is 0.353 e. The summed E-state index contributed by atoms with van der Waals surface area (Å²) in [5.41, 5.74) is -0.777. The highest BCUT2D eigenvalue weighted by Crippen LogP contribution is 2.63. The third-order valence-corrected chi connectivity index (χ3v) is 6.56. The molecule has 0 aliphatic carbocycles. The third kappa shape index (κ3) is 5.42. The molecule has 3 unspecified atom stereocenters. The Morgan fingerprint density at radius 1 is 1.28 bits per heavy atom. The van der Waals surface area contributed by atoms with Crippen molar-refractivity contribution in [3.63, 3.8) is 0 Å². The number of aromatic nitrogens is 2. The molecule has 2 aliphatic heterocycles. The Morgan fingerprint density at radius 3 is 2.72 bits per heavy atom. The van der Waals surface area contributed by atoms with E-state index in [0.717, 1.165) is 4.57 Å². The zero-order valence-corrected chi connectivity index (χ0v) is 19.7. The summed E-state index contributed by atoms with van der Waals surface area (Å²) < 4.78 is 23.1. The van der Waals surface area contributed by atoms with Crippen LogP contribution >= 0.6 is 31.4 Å². The molecule has 0 bridgehead atoms. The zero-order valence-electron chi connectivity index (χ0n) is 17.3. The van der Waals surface area contributed by atoms with Gasteiger partial charge in [0.2, 0.25) is 0 Å². The number of nitrogens with zero attached hydrogens (tertiary/aromatic N) is 1. The molecule has 0 spiro atoms. The number of hydrogen-bond acceptors (Lipinski definition) is 7. The topological polar surface area (TPSA) is 112 Å². The van der Waals surface area contributed by atoms with Crippen LogP contribution in [0.25, 0.3) is 0 Å². The molecular weight excluding hydrogens is 480 g/mol. The molecule has 0 saturated carbocycles. The maximum Gasteiger partial charge on any atom is 0.618 e. The van der Waals surface area contributed by atoms with Gasteiger partial charge < -0.3 is 4.74 Å². The maximum absolute atomic E-state index is 12.0. The SMILES string of the molecule is CC.[B]C([B])(O[P+]1(O)OCc2cc(Cl)ccc2O1)C1CCC(n2cc(Cl)c(=O)[nH]c2=O)O1. The highest BCUT2D eigenvalue weighted by Gasteiger charge is 2.56. The lowest BCUT2D eigenvalue weighted by molar-refractivity contribution is -0.0560. The summed E-state index contributed by atoms with van der Waals surface area (Å²) in [6.45, 7) is 3.98. The van der Waals surface area contributed by atoms with Crippen LogP contribution in [0.4, 0.5) is 0 Å². The van der Waals surface area contributed by atoms with Gasteiger partial charge in [-0.1, -0.05) is 37.0 Å². The first-order chi connectivity index (χ1) is 15.1. The number of benzene rings is 1. The van der Waals surface area contributed by atoms with Gasteiger partial charge in [-0.3, -0.25) is 18.9 Å². The summed E-state index contributed by atoms with van der Waals surface area (Å²) >= 11 is 11.7. The van der Waals surface area contributed by atoms with Crippen LogP contribution in [0.5, 0.6) is 5.75 Å². The summed E-state index contributed by atoms with van der Waals surface area (Å²) in [7, 11) is 8.21. The molecule has 32 heavy (non-hydrogen) atoms. The monoisotopic (exact) mass is 499 g/mol. The Hall–Kier alpha value is -1.32. The van der Waals surface area contributed by atoms with Gasteiger partial charge in [0, 0.05) is 16.8 Å². The maximum atomic E-state index is 12.0. The molecule has 1 saturated heterocycles. The Labute approximate surface area is 197 Å². The van der Waals surface area contributed by atoms with Crippen LogP contribution in [-0.4, -0.2) is 41.6 Å². The minimum atomic E-state index is -3.91. The van der Waals surface area contributed by atoms with Crippen LogP contribution in [-0.2, 0) is 20.4 Å². The van der Waals surface area contributed by atoms with Crippen molar-refractivity contribution in [3.8, 4) is 5.75 Å². The van der Waals surface area contributed by atoms with Gasteiger partial charge in [0.1, 0.15) is 33.5 Å². The molecule has 4 radical (unpaired) electrons. The molecule has 2 aliphatic rings. The van der Waals surface area contributed by atoms with E-state index in [9.17, 15) is 14.5 Å². The number of hydrogen-bond donors (Lipinski definition) is 2.